The second-order valence-electron chi connectivity index (χ2n) is 4.50. The Morgan fingerprint density at radius 2 is 1.84 bits per heavy atom. The molecule has 2 heterocycles. The molecule has 19 heavy (non-hydrogen) atoms. The molecule has 0 spiro atoms. The van der Waals surface area contributed by atoms with E-state index in [-0.39, 0.29) is 5.82 Å². The summed E-state index contributed by atoms with van der Waals surface area (Å²) in [4.78, 5) is 2.94. The summed E-state index contributed by atoms with van der Waals surface area (Å²) < 4.78 is 13.7. The highest BCUT2D eigenvalue weighted by Crippen LogP contribution is 2.33. The molecule has 0 radical (unpaired) electrons. The lowest BCUT2D eigenvalue weighted by Crippen LogP contribution is -1.84. The number of hydrogen-bond acceptors (Lipinski definition) is 1. The van der Waals surface area contributed by atoms with Crippen LogP contribution < -0.4 is 0 Å². The smallest absolute Gasteiger partial charge is 0.147 e. The molecule has 0 saturated carbocycles. The van der Waals surface area contributed by atoms with Crippen LogP contribution in [0.15, 0.2) is 48.8 Å². The first-order valence-electron chi connectivity index (χ1n) is 6.02. The van der Waals surface area contributed by atoms with Gasteiger partial charge in [0.25, 0.3) is 0 Å². The zero-order valence-corrected chi connectivity index (χ0v) is 9.94. The summed E-state index contributed by atoms with van der Waals surface area (Å²) in [6.07, 6.45) is 3.55. The minimum atomic E-state index is -0.233. The van der Waals surface area contributed by atoms with Gasteiger partial charge in [-0.15, -0.1) is 0 Å². The van der Waals surface area contributed by atoms with Crippen LogP contribution in [0, 0.1) is 5.82 Å². The summed E-state index contributed by atoms with van der Waals surface area (Å²) in [7, 11) is 0. The molecule has 0 amide bonds. The summed E-state index contributed by atoms with van der Waals surface area (Å²) in [5.74, 6) is -0.233. The fraction of sp³-hybridized carbons (Fsp3) is 0. The van der Waals surface area contributed by atoms with Crippen molar-refractivity contribution in [3.63, 3.8) is 0 Å². The largest absolute Gasteiger partial charge is 0.359 e. The Balaban J connectivity index is 2.12. The molecular formula is C15H10FN3. The van der Waals surface area contributed by atoms with Gasteiger partial charge in [-0.1, -0.05) is 18.2 Å². The summed E-state index contributed by atoms with van der Waals surface area (Å²) in [5, 5.41) is 8.94. The Bertz CT molecular complexity index is 889. The number of halogens is 1. The number of H-pyrrole nitrogens is 2. The number of aromatic amines is 2. The predicted molar refractivity (Wildman–Crippen MR) is 73.3 cm³/mol. The van der Waals surface area contributed by atoms with E-state index in [9.17, 15) is 4.39 Å². The molecule has 0 atom stereocenters. The molecule has 3 nitrogen and oxygen atoms in total. The molecule has 0 bridgehead atoms. The third-order valence-electron chi connectivity index (χ3n) is 3.45. The van der Waals surface area contributed by atoms with E-state index in [4.69, 9.17) is 0 Å². The first-order valence-corrected chi connectivity index (χ1v) is 6.02. The first-order chi connectivity index (χ1) is 9.34. The summed E-state index contributed by atoms with van der Waals surface area (Å²) in [5.41, 5.74) is 3.57. The number of fused-ring (bicyclic) bond motifs is 2. The van der Waals surface area contributed by atoms with Crippen molar-refractivity contribution >= 4 is 21.8 Å². The Kier molecular flexibility index (Phi) is 2.00. The fourth-order valence-electron chi connectivity index (χ4n) is 2.56. The van der Waals surface area contributed by atoms with Crippen molar-refractivity contribution in [3.8, 4) is 11.1 Å². The van der Waals surface area contributed by atoms with Crippen molar-refractivity contribution in [2.75, 3.05) is 0 Å². The van der Waals surface area contributed by atoms with E-state index < -0.39 is 0 Å². The van der Waals surface area contributed by atoms with Crippen LogP contribution in [-0.4, -0.2) is 15.2 Å². The SMILES string of the molecule is Fc1ccc(-c2cccc3[nH]ncc23)c2cc[nH]c12. The molecule has 0 unspecified atom stereocenters. The van der Waals surface area contributed by atoms with Crippen LogP contribution in [0.2, 0.25) is 0 Å². The van der Waals surface area contributed by atoms with Gasteiger partial charge in [0.2, 0.25) is 0 Å². The number of nitrogens with zero attached hydrogens (tertiary/aromatic N) is 1. The minimum Gasteiger partial charge on any atom is -0.359 e. The van der Waals surface area contributed by atoms with E-state index in [0.29, 0.717) is 5.52 Å². The number of benzene rings is 2. The molecular weight excluding hydrogens is 241 g/mol. The zero-order valence-electron chi connectivity index (χ0n) is 9.94. The molecule has 0 aliphatic carbocycles. The summed E-state index contributed by atoms with van der Waals surface area (Å²) >= 11 is 0. The second kappa shape index (κ2) is 3.68. The Morgan fingerprint density at radius 1 is 0.947 bits per heavy atom. The average molecular weight is 251 g/mol. The molecule has 4 aromatic rings. The standard InChI is InChI=1S/C15H10FN3/c16-13-5-4-10(11-6-7-17-15(11)13)9-2-1-3-14-12(9)8-18-19-14/h1-8,17H,(H,18,19). The van der Waals surface area contributed by atoms with Crippen LogP contribution in [0.25, 0.3) is 32.9 Å². The van der Waals surface area contributed by atoms with Gasteiger partial charge in [-0.3, -0.25) is 5.10 Å². The Hall–Kier alpha value is -2.62. The van der Waals surface area contributed by atoms with Gasteiger partial charge in [0, 0.05) is 17.0 Å². The van der Waals surface area contributed by atoms with E-state index in [2.05, 4.69) is 15.2 Å². The summed E-state index contributed by atoms with van der Waals surface area (Å²) in [6, 6.07) is 11.2. The van der Waals surface area contributed by atoms with Gasteiger partial charge < -0.3 is 4.98 Å². The van der Waals surface area contributed by atoms with Gasteiger partial charge in [-0.25, -0.2) is 4.39 Å². The van der Waals surface area contributed by atoms with Crippen LogP contribution in [0.3, 0.4) is 0 Å². The Labute approximate surface area is 108 Å². The average Bonchev–Trinajstić information content (AvgIpc) is 3.08. The van der Waals surface area contributed by atoms with Crippen molar-refractivity contribution in [1.29, 1.82) is 0 Å². The van der Waals surface area contributed by atoms with Gasteiger partial charge >= 0.3 is 0 Å². The molecule has 2 aromatic heterocycles. The minimum absolute atomic E-state index is 0.233. The van der Waals surface area contributed by atoms with Crippen molar-refractivity contribution in [1.82, 2.24) is 15.2 Å². The quantitative estimate of drug-likeness (QED) is 0.530. The molecule has 0 saturated heterocycles. The van der Waals surface area contributed by atoms with E-state index in [1.807, 2.05) is 30.3 Å². The fourth-order valence-corrected chi connectivity index (χ4v) is 2.56. The number of aromatic nitrogens is 3. The third kappa shape index (κ3) is 1.40. The van der Waals surface area contributed by atoms with Gasteiger partial charge in [0.1, 0.15) is 5.82 Å². The molecule has 4 rings (SSSR count). The van der Waals surface area contributed by atoms with Crippen molar-refractivity contribution in [2.24, 2.45) is 0 Å². The maximum atomic E-state index is 13.7. The Morgan fingerprint density at radius 3 is 2.79 bits per heavy atom. The molecule has 2 aromatic carbocycles. The van der Waals surface area contributed by atoms with Crippen LogP contribution in [0.4, 0.5) is 4.39 Å². The first kappa shape index (κ1) is 10.3. The highest BCUT2D eigenvalue weighted by atomic mass is 19.1. The van der Waals surface area contributed by atoms with Crippen LogP contribution in [0.1, 0.15) is 0 Å². The molecule has 0 fully saturated rings. The van der Waals surface area contributed by atoms with Crippen LogP contribution >= 0.6 is 0 Å². The van der Waals surface area contributed by atoms with Crippen LogP contribution in [-0.2, 0) is 0 Å². The number of hydrogen-bond donors (Lipinski definition) is 2. The van der Waals surface area contributed by atoms with Crippen molar-refractivity contribution in [3.05, 3.63) is 54.6 Å². The van der Waals surface area contributed by atoms with Gasteiger partial charge in [0.05, 0.1) is 17.2 Å². The monoisotopic (exact) mass is 251 g/mol. The van der Waals surface area contributed by atoms with Crippen LogP contribution in [0.5, 0.6) is 0 Å². The molecule has 0 aliphatic heterocycles. The molecule has 0 aliphatic rings. The molecule has 2 N–H and O–H groups in total. The van der Waals surface area contributed by atoms with E-state index >= 15 is 0 Å². The lowest BCUT2D eigenvalue weighted by molar-refractivity contribution is 0.637. The lowest BCUT2D eigenvalue weighted by Gasteiger charge is -2.06. The topological polar surface area (TPSA) is 44.5 Å². The normalized spacial score (nSPS) is 11.4. The van der Waals surface area contributed by atoms with Gasteiger partial charge in [-0.05, 0) is 29.3 Å². The third-order valence-corrected chi connectivity index (χ3v) is 3.45. The van der Waals surface area contributed by atoms with E-state index in [0.717, 1.165) is 27.4 Å². The highest BCUT2D eigenvalue weighted by Gasteiger charge is 2.11. The number of nitrogens with one attached hydrogen (secondary N) is 2. The van der Waals surface area contributed by atoms with E-state index in [1.54, 1.807) is 12.4 Å². The highest BCUT2D eigenvalue weighted by molar-refractivity contribution is 6.03. The molecule has 4 heteroatoms. The maximum absolute atomic E-state index is 13.7. The lowest BCUT2D eigenvalue weighted by atomic mass is 9.98. The zero-order chi connectivity index (χ0) is 12.8. The molecule has 92 valence electrons. The van der Waals surface area contributed by atoms with Crippen molar-refractivity contribution < 1.29 is 4.39 Å². The van der Waals surface area contributed by atoms with Crippen molar-refractivity contribution in [2.45, 2.75) is 0 Å². The van der Waals surface area contributed by atoms with E-state index in [1.165, 1.54) is 6.07 Å². The van der Waals surface area contributed by atoms with Gasteiger partial charge in [-0.2, -0.15) is 5.10 Å². The summed E-state index contributed by atoms with van der Waals surface area (Å²) in [6.45, 7) is 0. The van der Waals surface area contributed by atoms with Gasteiger partial charge in [0.15, 0.2) is 0 Å². The second-order valence-corrected chi connectivity index (χ2v) is 4.50. The predicted octanol–water partition coefficient (Wildman–Crippen LogP) is 3.85. The maximum Gasteiger partial charge on any atom is 0.147 e. The number of rotatable bonds is 1.